The van der Waals surface area contributed by atoms with Gasteiger partial charge >= 0.3 is 0 Å². The molecule has 3 rings (SSSR count). The fourth-order valence-corrected chi connectivity index (χ4v) is 2.65. The van der Waals surface area contributed by atoms with E-state index in [-0.39, 0.29) is 30.7 Å². The van der Waals surface area contributed by atoms with E-state index in [4.69, 9.17) is 16.1 Å². The second-order valence-electron chi connectivity index (χ2n) is 5.12. The minimum Gasteiger partial charge on any atom is -0.339 e. The van der Waals surface area contributed by atoms with Gasteiger partial charge in [-0.1, -0.05) is 22.8 Å². The van der Waals surface area contributed by atoms with E-state index in [0.29, 0.717) is 22.3 Å². The van der Waals surface area contributed by atoms with Crippen LogP contribution in [0.1, 0.15) is 23.3 Å². The van der Waals surface area contributed by atoms with Crippen molar-refractivity contribution >= 4 is 24.0 Å². The highest BCUT2D eigenvalue weighted by Crippen LogP contribution is 2.23. The number of likely N-dealkylation sites (N-methyl/N-ethyl adjacent to an activating group) is 1. The van der Waals surface area contributed by atoms with Crippen molar-refractivity contribution in [1.29, 1.82) is 0 Å². The summed E-state index contributed by atoms with van der Waals surface area (Å²) in [5, 5.41) is 7.68. The molecule has 1 unspecified atom stereocenters. The first kappa shape index (κ1) is 17.1. The normalized spacial score (nSPS) is 19.0. The van der Waals surface area contributed by atoms with Gasteiger partial charge in [0.15, 0.2) is 5.82 Å². The van der Waals surface area contributed by atoms with Crippen LogP contribution < -0.4 is 5.32 Å². The van der Waals surface area contributed by atoms with Crippen LogP contribution in [0, 0.1) is 5.82 Å². The molecule has 1 aliphatic heterocycles. The van der Waals surface area contributed by atoms with Gasteiger partial charge in [-0.05, 0) is 19.2 Å². The van der Waals surface area contributed by atoms with Gasteiger partial charge in [0.1, 0.15) is 5.82 Å². The molecule has 0 amide bonds. The van der Waals surface area contributed by atoms with E-state index in [1.54, 1.807) is 12.1 Å². The van der Waals surface area contributed by atoms with Gasteiger partial charge < -0.3 is 9.84 Å². The fraction of sp³-hybridized carbons (Fsp3) is 0.429. The van der Waals surface area contributed by atoms with Crippen LogP contribution in [0.2, 0.25) is 5.02 Å². The first-order valence-electron chi connectivity index (χ1n) is 6.81. The predicted octanol–water partition coefficient (Wildman–Crippen LogP) is 2.45. The second-order valence-corrected chi connectivity index (χ2v) is 5.53. The minimum atomic E-state index is -0.362. The molecule has 1 N–H and O–H groups in total. The maximum Gasteiger partial charge on any atom is 0.231 e. The molecule has 1 aromatic heterocycles. The van der Waals surface area contributed by atoms with Gasteiger partial charge in [0.25, 0.3) is 0 Å². The minimum absolute atomic E-state index is 0. The van der Waals surface area contributed by atoms with Gasteiger partial charge in [-0.3, -0.25) is 4.90 Å². The zero-order valence-electron chi connectivity index (χ0n) is 12.1. The maximum absolute atomic E-state index is 13.8. The van der Waals surface area contributed by atoms with Crippen molar-refractivity contribution in [3.8, 4) is 0 Å². The molecule has 1 aliphatic rings. The Morgan fingerprint density at radius 2 is 2.32 bits per heavy atom. The molecule has 1 saturated heterocycles. The van der Waals surface area contributed by atoms with Gasteiger partial charge in [0.2, 0.25) is 5.89 Å². The summed E-state index contributed by atoms with van der Waals surface area (Å²) < 4.78 is 19.0. The highest BCUT2D eigenvalue weighted by atomic mass is 35.5. The lowest BCUT2D eigenvalue weighted by molar-refractivity contribution is 0.190. The van der Waals surface area contributed by atoms with E-state index < -0.39 is 0 Å². The van der Waals surface area contributed by atoms with Gasteiger partial charge in [0, 0.05) is 30.2 Å². The SMILES string of the molecule is CN1CCNCC1c1noc(Cc2c(F)cccc2Cl)n1.Cl. The lowest BCUT2D eigenvalue weighted by atomic mass is 10.1. The molecule has 0 spiro atoms. The van der Waals surface area contributed by atoms with E-state index in [9.17, 15) is 4.39 Å². The van der Waals surface area contributed by atoms with Crippen LogP contribution in [0.5, 0.6) is 0 Å². The standard InChI is InChI=1S/C14H16ClFN4O.ClH/c1-20-6-5-17-8-12(20)14-18-13(21-19-14)7-9-10(15)3-2-4-11(9)16;/h2-4,12,17H,5-8H2,1H3;1H. The van der Waals surface area contributed by atoms with Crippen LogP contribution in [0.4, 0.5) is 4.39 Å². The van der Waals surface area contributed by atoms with Crippen LogP contribution in [-0.4, -0.2) is 41.7 Å². The Morgan fingerprint density at radius 3 is 3.05 bits per heavy atom. The van der Waals surface area contributed by atoms with Crippen molar-refractivity contribution in [2.24, 2.45) is 0 Å². The van der Waals surface area contributed by atoms with E-state index in [0.717, 1.165) is 19.6 Å². The average Bonchev–Trinajstić information content (AvgIpc) is 2.92. The number of piperazine rings is 1. The van der Waals surface area contributed by atoms with Crippen LogP contribution in [0.15, 0.2) is 22.7 Å². The first-order valence-corrected chi connectivity index (χ1v) is 7.19. The topological polar surface area (TPSA) is 54.2 Å². The number of hydrogen-bond donors (Lipinski definition) is 1. The van der Waals surface area contributed by atoms with Crippen LogP contribution in [0.3, 0.4) is 0 Å². The number of nitrogens with zero attached hydrogens (tertiary/aromatic N) is 3. The Morgan fingerprint density at radius 1 is 1.50 bits per heavy atom. The fourth-order valence-electron chi connectivity index (χ4n) is 2.42. The monoisotopic (exact) mass is 346 g/mol. The Labute approximate surface area is 139 Å². The Balaban J connectivity index is 0.00000176. The molecule has 2 aromatic rings. The predicted molar refractivity (Wildman–Crippen MR) is 84.0 cm³/mol. The lowest BCUT2D eigenvalue weighted by Gasteiger charge is -2.30. The summed E-state index contributed by atoms with van der Waals surface area (Å²) in [6.45, 7) is 2.64. The number of halogens is 3. The number of rotatable bonds is 3. The molecule has 8 heteroatoms. The maximum atomic E-state index is 13.8. The molecular weight excluding hydrogens is 330 g/mol. The van der Waals surface area contributed by atoms with E-state index in [1.807, 2.05) is 7.05 Å². The molecule has 2 heterocycles. The third kappa shape index (κ3) is 3.57. The van der Waals surface area contributed by atoms with E-state index in [2.05, 4.69) is 20.4 Å². The molecule has 1 atom stereocenters. The van der Waals surface area contributed by atoms with Crippen molar-refractivity contribution < 1.29 is 8.91 Å². The average molecular weight is 347 g/mol. The van der Waals surface area contributed by atoms with Crippen LogP contribution in [-0.2, 0) is 6.42 Å². The van der Waals surface area contributed by atoms with Gasteiger partial charge in [-0.2, -0.15) is 4.98 Å². The zero-order valence-corrected chi connectivity index (χ0v) is 13.6. The summed E-state index contributed by atoms with van der Waals surface area (Å²) in [7, 11) is 2.02. The van der Waals surface area contributed by atoms with Gasteiger partial charge in [-0.15, -0.1) is 12.4 Å². The van der Waals surface area contributed by atoms with Crippen molar-refractivity contribution in [3.63, 3.8) is 0 Å². The number of hydrogen-bond acceptors (Lipinski definition) is 5. The largest absolute Gasteiger partial charge is 0.339 e. The Bertz CT molecular complexity index is 617. The molecule has 5 nitrogen and oxygen atoms in total. The van der Waals surface area contributed by atoms with Gasteiger partial charge in [-0.25, -0.2) is 4.39 Å². The molecule has 0 aliphatic carbocycles. The third-order valence-electron chi connectivity index (χ3n) is 3.68. The molecule has 0 radical (unpaired) electrons. The van der Waals surface area contributed by atoms with Crippen molar-refractivity contribution in [1.82, 2.24) is 20.4 Å². The van der Waals surface area contributed by atoms with Crippen LogP contribution in [0.25, 0.3) is 0 Å². The summed E-state index contributed by atoms with van der Waals surface area (Å²) in [6.07, 6.45) is 0.197. The van der Waals surface area contributed by atoms with Gasteiger partial charge in [0.05, 0.1) is 12.5 Å². The first-order chi connectivity index (χ1) is 10.1. The van der Waals surface area contributed by atoms with Crippen LogP contribution >= 0.6 is 24.0 Å². The molecule has 22 heavy (non-hydrogen) atoms. The van der Waals surface area contributed by atoms with E-state index in [1.165, 1.54) is 6.07 Å². The number of aromatic nitrogens is 2. The van der Waals surface area contributed by atoms with E-state index >= 15 is 0 Å². The summed E-state index contributed by atoms with van der Waals surface area (Å²) in [5.74, 6) is 0.627. The lowest BCUT2D eigenvalue weighted by Crippen LogP contribution is -2.44. The quantitative estimate of drug-likeness (QED) is 0.924. The summed E-state index contributed by atoms with van der Waals surface area (Å²) >= 11 is 6.01. The highest BCUT2D eigenvalue weighted by molar-refractivity contribution is 6.31. The smallest absolute Gasteiger partial charge is 0.231 e. The third-order valence-corrected chi connectivity index (χ3v) is 4.04. The molecule has 0 bridgehead atoms. The highest BCUT2D eigenvalue weighted by Gasteiger charge is 2.25. The van der Waals surface area contributed by atoms with Crippen molar-refractivity contribution in [3.05, 3.63) is 46.3 Å². The van der Waals surface area contributed by atoms with Crippen molar-refractivity contribution in [2.75, 3.05) is 26.7 Å². The van der Waals surface area contributed by atoms with Crippen molar-refractivity contribution in [2.45, 2.75) is 12.5 Å². The summed E-state index contributed by atoms with van der Waals surface area (Å²) in [4.78, 5) is 6.54. The molecule has 120 valence electrons. The Hall–Kier alpha value is -1.21. The summed E-state index contributed by atoms with van der Waals surface area (Å²) in [6, 6.07) is 4.67. The molecular formula is C14H17Cl2FN4O. The zero-order chi connectivity index (χ0) is 14.8. The summed E-state index contributed by atoms with van der Waals surface area (Å²) in [5.41, 5.74) is 0.379. The molecule has 1 aromatic carbocycles. The second kappa shape index (κ2) is 7.37. The number of benzene rings is 1. The number of nitrogens with one attached hydrogen (secondary N) is 1. The molecule has 0 saturated carbocycles. The molecule has 1 fully saturated rings. The Kier molecular flexibility index (Phi) is 5.74.